The number of nitrogens with one attached hydrogen (secondary N) is 1. The van der Waals surface area contributed by atoms with E-state index >= 15 is 0 Å². The summed E-state index contributed by atoms with van der Waals surface area (Å²) in [6, 6.07) is 8.48. The number of aromatic amines is 1. The van der Waals surface area contributed by atoms with Gasteiger partial charge in [0.25, 0.3) is 0 Å². The second kappa shape index (κ2) is 5.43. The summed E-state index contributed by atoms with van der Waals surface area (Å²) >= 11 is 1.77. The van der Waals surface area contributed by atoms with Gasteiger partial charge in [-0.3, -0.25) is 0 Å². The van der Waals surface area contributed by atoms with E-state index < -0.39 is 0 Å². The number of nitrogens with zero attached hydrogens (tertiary/aromatic N) is 2. The van der Waals surface area contributed by atoms with Crippen molar-refractivity contribution >= 4 is 27.4 Å². The topological polar surface area (TPSA) is 31.9 Å². The summed E-state index contributed by atoms with van der Waals surface area (Å²) < 4.78 is 0. The molecule has 22 heavy (non-hydrogen) atoms. The minimum atomic E-state index is 0.774. The van der Waals surface area contributed by atoms with E-state index in [4.69, 9.17) is 4.98 Å². The molecule has 2 aromatic heterocycles. The van der Waals surface area contributed by atoms with Gasteiger partial charge >= 0.3 is 0 Å². The van der Waals surface area contributed by atoms with Gasteiger partial charge in [-0.2, -0.15) is 0 Å². The lowest BCUT2D eigenvalue weighted by atomic mass is 10.0. The Morgan fingerprint density at radius 3 is 3.05 bits per heavy atom. The largest absolute Gasteiger partial charge is 0.358 e. The summed E-state index contributed by atoms with van der Waals surface area (Å²) in [6.07, 6.45) is 2.62. The first-order valence-corrected chi connectivity index (χ1v) is 8.88. The van der Waals surface area contributed by atoms with E-state index in [1.807, 2.05) is 0 Å². The molecule has 0 aliphatic carbocycles. The highest BCUT2D eigenvalue weighted by Crippen LogP contribution is 2.35. The third-order valence-corrected chi connectivity index (χ3v) is 5.47. The molecule has 1 aliphatic rings. The molecule has 1 unspecified atom stereocenters. The highest BCUT2D eigenvalue weighted by Gasteiger charge is 2.20. The lowest BCUT2D eigenvalue weighted by Crippen LogP contribution is -2.34. The summed E-state index contributed by atoms with van der Waals surface area (Å²) in [5.74, 6) is 0.774. The number of hydrogen-bond acceptors (Lipinski definition) is 3. The molecule has 1 aromatic carbocycles. The molecule has 0 radical (unpaired) electrons. The van der Waals surface area contributed by atoms with Crippen molar-refractivity contribution in [2.24, 2.45) is 5.92 Å². The molecule has 1 aliphatic heterocycles. The van der Waals surface area contributed by atoms with E-state index in [0.717, 1.165) is 24.7 Å². The van der Waals surface area contributed by atoms with Crippen molar-refractivity contribution in [2.75, 3.05) is 18.0 Å². The second-order valence-electron chi connectivity index (χ2n) is 6.38. The van der Waals surface area contributed by atoms with Gasteiger partial charge in [-0.25, -0.2) is 4.98 Å². The third kappa shape index (κ3) is 2.31. The smallest absolute Gasteiger partial charge is 0.185 e. The van der Waals surface area contributed by atoms with Crippen LogP contribution < -0.4 is 4.90 Å². The van der Waals surface area contributed by atoms with Crippen molar-refractivity contribution in [3.8, 4) is 11.3 Å². The number of piperidine rings is 1. The number of rotatable bonds is 2. The van der Waals surface area contributed by atoms with Crippen LogP contribution in [0.5, 0.6) is 0 Å². The molecule has 1 fully saturated rings. The van der Waals surface area contributed by atoms with Gasteiger partial charge in [0.15, 0.2) is 5.13 Å². The van der Waals surface area contributed by atoms with Crippen LogP contribution in [0.15, 0.2) is 29.6 Å². The van der Waals surface area contributed by atoms with Crippen LogP contribution in [0.25, 0.3) is 22.2 Å². The molecule has 0 saturated carbocycles. The number of para-hydroxylation sites is 1. The van der Waals surface area contributed by atoms with E-state index in [1.54, 1.807) is 11.3 Å². The Labute approximate surface area is 135 Å². The molecule has 1 atom stereocenters. The predicted octanol–water partition coefficient (Wildman–Crippen LogP) is 4.84. The summed E-state index contributed by atoms with van der Waals surface area (Å²) in [5, 5.41) is 4.65. The molecule has 3 aromatic rings. The van der Waals surface area contributed by atoms with Crippen molar-refractivity contribution in [1.29, 1.82) is 0 Å². The number of fused-ring (bicyclic) bond motifs is 1. The van der Waals surface area contributed by atoms with Crippen molar-refractivity contribution in [1.82, 2.24) is 9.97 Å². The highest BCUT2D eigenvalue weighted by atomic mass is 32.1. The Balaban J connectivity index is 1.72. The fourth-order valence-corrected chi connectivity index (χ4v) is 4.35. The van der Waals surface area contributed by atoms with Gasteiger partial charge in [0.05, 0.1) is 5.69 Å². The van der Waals surface area contributed by atoms with Crippen LogP contribution in [0.3, 0.4) is 0 Å². The molecule has 1 saturated heterocycles. The summed E-state index contributed by atoms with van der Waals surface area (Å²) in [4.78, 5) is 10.9. The van der Waals surface area contributed by atoms with Crippen molar-refractivity contribution in [3.63, 3.8) is 0 Å². The molecule has 0 bridgehead atoms. The van der Waals surface area contributed by atoms with Gasteiger partial charge < -0.3 is 9.88 Å². The van der Waals surface area contributed by atoms with Gasteiger partial charge in [-0.1, -0.05) is 25.1 Å². The Hall–Kier alpha value is -1.81. The number of hydrogen-bond donors (Lipinski definition) is 1. The van der Waals surface area contributed by atoms with Crippen LogP contribution in [0, 0.1) is 12.8 Å². The van der Waals surface area contributed by atoms with Crippen LogP contribution in [-0.4, -0.2) is 23.1 Å². The number of aryl methyl sites for hydroxylation is 1. The summed E-state index contributed by atoms with van der Waals surface area (Å²) in [7, 11) is 0. The SMILES string of the molecule is Cc1[nH]c2ccccc2c1-c1csc(N2CCCC(C)C2)n1. The zero-order valence-electron chi connectivity index (χ0n) is 13.1. The first-order valence-electron chi connectivity index (χ1n) is 8.00. The Kier molecular flexibility index (Phi) is 3.41. The molecule has 0 spiro atoms. The normalized spacial score (nSPS) is 19.0. The van der Waals surface area contributed by atoms with Gasteiger partial charge in [0.2, 0.25) is 0 Å². The van der Waals surface area contributed by atoms with E-state index in [2.05, 4.69) is 53.4 Å². The van der Waals surface area contributed by atoms with Crippen LogP contribution in [0.2, 0.25) is 0 Å². The number of aromatic nitrogens is 2. The monoisotopic (exact) mass is 311 g/mol. The van der Waals surface area contributed by atoms with Gasteiger partial charge in [0.1, 0.15) is 0 Å². The van der Waals surface area contributed by atoms with E-state index in [0.29, 0.717) is 0 Å². The first kappa shape index (κ1) is 13.8. The van der Waals surface area contributed by atoms with Crippen molar-refractivity contribution < 1.29 is 0 Å². The van der Waals surface area contributed by atoms with Gasteiger partial charge in [0, 0.05) is 40.6 Å². The predicted molar refractivity (Wildman–Crippen MR) is 94.8 cm³/mol. The summed E-state index contributed by atoms with van der Waals surface area (Å²) in [5.41, 5.74) is 4.75. The minimum Gasteiger partial charge on any atom is -0.358 e. The fraction of sp³-hybridized carbons (Fsp3) is 0.389. The van der Waals surface area contributed by atoms with Crippen LogP contribution in [0.4, 0.5) is 5.13 Å². The number of thiazole rings is 1. The second-order valence-corrected chi connectivity index (χ2v) is 7.22. The zero-order valence-corrected chi connectivity index (χ0v) is 13.9. The molecule has 114 valence electrons. The number of benzene rings is 1. The van der Waals surface area contributed by atoms with Crippen molar-refractivity contribution in [2.45, 2.75) is 26.7 Å². The average Bonchev–Trinajstić information content (AvgIpc) is 3.10. The Morgan fingerprint density at radius 2 is 2.18 bits per heavy atom. The third-order valence-electron chi connectivity index (χ3n) is 4.57. The number of anilines is 1. The fourth-order valence-electron chi connectivity index (χ4n) is 3.49. The molecule has 3 heterocycles. The maximum Gasteiger partial charge on any atom is 0.185 e. The quantitative estimate of drug-likeness (QED) is 0.734. The Morgan fingerprint density at radius 1 is 1.32 bits per heavy atom. The molecule has 0 amide bonds. The standard InChI is InChI=1S/C18H21N3S/c1-12-6-5-9-21(10-12)18-20-16(11-22-18)17-13(2)19-15-8-4-3-7-14(15)17/h3-4,7-8,11-12,19H,5-6,9-10H2,1-2H3. The maximum absolute atomic E-state index is 4.95. The summed E-state index contributed by atoms with van der Waals surface area (Å²) in [6.45, 7) is 6.76. The van der Waals surface area contributed by atoms with Crippen LogP contribution in [-0.2, 0) is 0 Å². The van der Waals surface area contributed by atoms with Crippen LogP contribution >= 0.6 is 11.3 Å². The molecule has 1 N–H and O–H groups in total. The minimum absolute atomic E-state index is 0.774. The van der Waals surface area contributed by atoms with Crippen LogP contribution in [0.1, 0.15) is 25.5 Å². The van der Waals surface area contributed by atoms with E-state index in [9.17, 15) is 0 Å². The Bertz CT molecular complexity index is 802. The van der Waals surface area contributed by atoms with Crippen molar-refractivity contribution in [3.05, 3.63) is 35.3 Å². The number of H-pyrrole nitrogens is 1. The van der Waals surface area contributed by atoms with Gasteiger partial charge in [-0.05, 0) is 31.7 Å². The molecular weight excluding hydrogens is 290 g/mol. The molecule has 3 nitrogen and oxygen atoms in total. The average molecular weight is 311 g/mol. The zero-order chi connectivity index (χ0) is 15.1. The lowest BCUT2D eigenvalue weighted by molar-refractivity contribution is 0.446. The first-order chi connectivity index (χ1) is 10.7. The highest BCUT2D eigenvalue weighted by molar-refractivity contribution is 7.14. The van der Waals surface area contributed by atoms with E-state index in [-0.39, 0.29) is 0 Å². The molecule has 4 heteroatoms. The molecular formula is C18H21N3S. The lowest BCUT2D eigenvalue weighted by Gasteiger charge is -2.30. The van der Waals surface area contributed by atoms with E-state index in [1.165, 1.54) is 40.1 Å². The maximum atomic E-state index is 4.95. The van der Waals surface area contributed by atoms with Gasteiger partial charge in [-0.15, -0.1) is 11.3 Å². The molecule has 4 rings (SSSR count).